The molecule has 2 amide bonds. The number of halogens is 2. The van der Waals surface area contributed by atoms with Crippen molar-refractivity contribution < 1.29 is 9.59 Å². The van der Waals surface area contributed by atoms with Crippen LogP contribution in [-0.4, -0.2) is 32.3 Å². The van der Waals surface area contributed by atoms with E-state index in [1.807, 2.05) is 40.0 Å². The third-order valence-electron chi connectivity index (χ3n) is 4.95. The van der Waals surface area contributed by atoms with Crippen molar-refractivity contribution >= 4 is 52.5 Å². The zero-order chi connectivity index (χ0) is 24.1. The summed E-state index contributed by atoms with van der Waals surface area (Å²) >= 11 is 13.3. The lowest BCUT2D eigenvalue weighted by molar-refractivity contribution is -0.113. The zero-order valence-corrected chi connectivity index (χ0v) is 21.1. The van der Waals surface area contributed by atoms with Crippen LogP contribution < -0.4 is 10.6 Å². The first-order valence-corrected chi connectivity index (χ1v) is 12.0. The average molecular weight is 506 g/mol. The zero-order valence-electron chi connectivity index (χ0n) is 18.7. The lowest BCUT2D eigenvalue weighted by atomic mass is 10.0. The minimum Gasteiger partial charge on any atom is -0.342 e. The maximum absolute atomic E-state index is 12.8. The second kappa shape index (κ2) is 11.0. The highest BCUT2D eigenvalue weighted by Gasteiger charge is 2.25. The number of nitrogens with one attached hydrogen (secondary N) is 2. The number of anilines is 1. The Bertz CT molecular complexity index is 1150. The van der Waals surface area contributed by atoms with E-state index in [4.69, 9.17) is 23.2 Å². The van der Waals surface area contributed by atoms with Crippen LogP contribution in [0.4, 0.5) is 5.69 Å². The van der Waals surface area contributed by atoms with Gasteiger partial charge in [-0.05, 0) is 43.2 Å². The van der Waals surface area contributed by atoms with Crippen molar-refractivity contribution in [3.05, 3.63) is 69.5 Å². The molecule has 1 aromatic heterocycles. The molecular formula is C23H25Cl2N5O2S. The lowest BCUT2D eigenvalue weighted by Gasteiger charge is -2.21. The van der Waals surface area contributed by atoms with Crippen LogP contribution in [0.1, 0.15) is 41.6 Å². The molecule has 0 saturated carbocycles. The summed E-state index contributed by atoms with van der Waals surface area (Å²) in [5.74, 6) is 0.377. The van der Waals surface area contributed by atoms with Crippen LogP contribution in [-0.2, 0) is 11.8 Å². The predicted octanol–water partition coefficient (Wildman–Crippen LogP) is 5.29. The summed E-state index contributed by atoms with van der Waals surface area (Å²) < 4.78 is 1.80. The summed E-state index contributed by atoms with van der Waals surface area (Å²) in [6.45, 7) is 5.98. The van der Waals surface area contributed by atoms with E-state index in [2.05, 4.69) is 20.8 Å². The normalized spacial score (nSPS) is 12.0. The number of thioether (sulfide) groups is 1. The second-order valence-corrected chi connectivity index (χ2v) is 9.71. The van der Waals surface area contributed by atoms with Crippen LogP contribution in [0.25, 0.3) is 0 Å². The van der Waals surface area contributed by atoms with Crippen molar-refractivity contribution in [3.8, 4) is 0 Å². The van der Waals surface area contributed by atoms with Crippen molar-refractivity contribution in [3.63, 3.8) is 0 Å². The Kier molecular flexibility index (Phi) is 8.40. The van der Waals surface area contributed by atoms with Crippen LogP contribution in [0, 0.1) is 12.8 Å². The summed E-state index contributed by atoms with van der Waals surface area (Å²) in [4.78, 5) is 25.1. The summed E-state index contributed by atoms with van der Waals surface area (Å²) in [6, 6.07) is 11.9. The molecule has 7 nitrogen and oxygen atoms in total. The molecule has 0 saturated heterocycles. The van der Waals surface area contributed by atoms with Crippen LogP contribution in [0.2, 0.25) is 10.0 Å². The molecule has 0 aliphatic carbocycles. The molecule has 3 rings (SSSR count). The van der Waals surface area contributed by atoms with Crippen molar-refractivity contribution in [1.82, 2.24) is 20.1 Å². The third-order valence-corrected chi connectivity index (χ3v) is 6.53. The lowest BCUT2D eigenvalue weighted by Crippen LogP contribution is -2.33. The molecule has 0 unspecified atom stereocenters. The Morgan fingerprint density at radius 1 is 1.09 bits per heavy atom. The number of carbonyl (C=O) groups excluding carboxylic acids is 2. The second-order valence-electron chi connectivity index (χ2n) is 7.92. The van der Waals surface area contributed by atoms with Gasteiger partial charge in [-0.2, -0.15) is 0 Å². The largest absolute Gasteiger partial charge is 0.342 e. The molecule has 10 heteroatoms. The number of aromatic nitrogens is 3. The van der Waals surface area contributed by atoms with Crippen LogP contribution in [0.3, 0.4) is 0 Å². The summed E-state index contributed by atoms with van der Waals surface area (Å²) in [6.07, 6.45) is 0. The molecule has 3 aromatic rings. The topological polar surface area (TPSA) is 88.9 Å². The molecule has 33 heavy (non-hydrogen) atoms. The number of nitrogens with zero attached hydrogens (tertiary/aromatic N) is 3. The molecule has 0 bridgehead atoms. The smallest absolute Gasteiger partial charge is 0.251 e. The predicted molar refractivity (Wildman–Crippen MR) is 133 cm³/mol. The molecule has 2 aromatic carbocycles. The van der Waals surface area contributed by atoms with E-state index in [0.717, 1.165) is 5.56 Å². The number of hydrogen-bond donors (Lipinski definition) is 2. The maximum Gasteiger partial charge on any atom is 0.251 e. The van der Waals surface area contributed by atoms with Gasteiger partial charge in [0, 0.05) is 17.6 Å². The van der Waals surface area contributed by atoms with Gasteiger partial charge in [0.05, 0.1) is 22.5 Å². The van der Waals surface area contributed by atoms with Gasteiger partial charge in [0.2, 0.25) is 5.91 Å². The van der Waals surface area contributed by atoms with Crippen molar-refractivity contribution in [2.24, 2.45) is 13.0 Å². The summed E-state index contributed by atoms with van der Waals surface area (Å²) in [5.41, 5.74) is 2.12. The minimum absolute atomic E-state index is 0.0772. The molecule has 0 fully saturated rings. The van der Waals surface area contributed by atoms with E-state index in [1.165, 1.54) is 11.8 Å². The standard InChI is InChI=1S/C23H25Cl2N5O2S/c1-13(2)20(27-22(32)15-7-5-14(3)6-8-15)21-28-29-23(30(21)4)33-12-19(31)26-18-11-16(24)9-10-17(18)25/h5-11,13,20H,12H2,1-4H3,(H,26,31)(H,27,32)/t20-/m1/s1. The van der Waals surface area contributed by atoms with Gasteiger partial charge in [-0.15, -0.1) is 10.2 Å². The van der Waals surface area contributed by atoms with E-state index in [0.29, 0.717) is 32.3 Å². The molecule has 0 aliphatic rings. The Morgan fingerprint density at radius 2 is 1.79 bits per heavy atom. The van der Waals surface area contributed by atoms with Crippen LogP contribution in [0.5, 0.6) is 0 Å². The number of rotatable bonds is 8. The average Bonchev–Trinajstić information content (AvgIpc) is 3.13. The molecule has 1 heterocycles. The van der Waals surface area contributed by atoms with Gasteiger partial charge in [0.1, 0.15) is 0 Å². The monoisotopic (exact) mass is 505 g/mol. The summed E-state index contributed by atoms with van der Waals surface area (Å²) in [5, 5.41) is 15.8. The van der Waals surface area contributed by atoms with E-state index >= 15 is 0 Å². The molecular weight excluding hydrogens is 481 g/mol. The van der Waals surface area contributed by atoms with Gasteiger partial charge >= 0.3 is 0 Å². The van der Waals surface area contributed by atoms with Crippen molar-refractivity contribution in [2.45, 2.75) is 32.0 Å². The van der Waals surface area contributed by atoms with Gasteiger partial charge in [-0.25, -0.2) is 0 Å². The van der Waals surface area contributed by atoms with Gasteiger partial charge < -0.3 is 15.2 Å². The molecule has 0 spiro atoms. The number of carbonyl (C=O) groups is 2. The minimum atomic E-state index is -0.343. The first kappa shape index (κ1) is 25.1. The van der Waals surface area contributed by atoms with Gasteiger partial charge in [-0.1, -0.05) is 66.5 Å². The van der Waals surface area contributed by atoms with Gasteiger partial charge in [-0.3, -0.25) is 9.59 Å². The number of amides is 2. The maximum atomic E-state index is 12.8. The Hall–Kier alpha value is -2.55. The Labute approximate surface area is 207 Å². The molecule has 0 radical (unpaired) electrons. The van der Waals surface area contributed by atoms with Crippen LogP contribution in [0.15, 0.2) is 47.6 Å². The summed E-state index contributed by atoms with van der Waals surface area (Å²) in [7, 11) is 1.82. The van der Waals surface area contributed by atoms with Crippen LogP contribution >= 0.6 is 35.0 Å². The highest BCUT2D eigenvalue weighted by Crippen LogP contribution is 2.27. The fourth-order valence-corrected chi connectivity index (χ4v) is 4.15. The third kappa shape index (κ3) is 6.50. The van der Waals surface area contributed by atoms with Crippen molar-refractivity contribution in [1.29, 1.82) is 0 Å². The first-order valence-electron chi connectivity index (χ1n) is 10.3. The first-order chi connectivity index (χ1) is 15.7. The van der Waals surface area contributed by atoms with E-state index in [9.17, 15) is 9.59 Å². The molecule has 2 N–H and O–H groups in total. The number of hydrogen-bond acceptors (Lipinski definition) is 5. The SMILES string of the molecule is Cc1ccc(C(=O)N[C@@H](c2nnc(SCC(=O)Nc3cc(Cl)ccc3Cl)n2C)C(C)C)cc1. The number of benzene rings is 2. The molecule has 1 atom stereocenters. The van der Waals surface area contributed by atoms with Crippen molar-refractivity contribution in [2.75, 3.05) is 11.1 Å². The van der Waals surface area contributed by atoms with E-state index in [-0.39, 0.29) is 29.5 Å². The number of aryl methyl sites for hydroxylation is 1. The fraction of sp³-hybridized carbons (Fsp3) is 0.304. The quantitative estimate of drug-likeness (QED) is 0.406. The molecule has 0 aliphatic heterocycles. The molecule has 174 valence electrons. The van der Waals surface area contributed by atoms with E-state index < -0.39 is 0 Å². The fourth-order valence-electron chi connectivity index (χ4n) is 3.09. The van der Waals surface area contributed by atoms with Gasteiger partial charge in [0.15, 0.2) is 11.0 Å². The Balaban J connectivity index is 1.67. The Morgan fingerprint density at radius 3 is 2.45 bits per heavy atom. The highest BCUT2D eigenvalue weighted by molar-refractivity contribution is 7.99. The van der Waals surface area contributed by atoms with Gasteiger partial charge in [0.25, 0.3) is 5.91 Å². The highest BCUT2D eigenvalue weighted by atomic mass is 35.5. The van der Waals surface area contributed by atoms with E-state index in [1.54, 1.807) is 34.9 Å².